The second-order valence-electron chi connectivity index (χ2n) is 9.98. The first-order chi connectivity index (χ1) is 14.1. The van der Waals surface area contributed by atoms with Gasteiger partial charge in [0.2, 0.25) is 0 Å². The maximum absolute atomic E-state index is 9.33. The Hall–Kier alpha value is -0.235. The average Bonchev–Trinajstić information content (AvgIpc) is 3.22. The zero-order valence-electron chi connectivity index (χ0n) is 18.7. The molecule has 29 heavy (non-hydrogen) atoms. The van der Waals surface area contributed by atoms with E-state index < -0.39 is 0 Å². The van der Waals surface area contributed by atoms with Gasteiger partial charge in [0.05, 0.1) is 23.6 Å². The van der Waals surface area contributed by atoms with Gasteiger partial charge < -0.3 is 9.31 Å². The third-order valence-corrected chi connectivity index (χ3v) is 8.21. The van der Waals surface area contributed by atoms with Crippen LogP contribution in [0.2, 0.25) is 0 Å². The van der Waals surface area contributed by atoms with Gasteiger partial charge in [-0.05, 0) is 63.2 Å². The summed E-state index contributed by atoms with van der Waals surface area (Å²) in [6, 6.07) is 2.40. The van der Waals surface area contributed by atoms with Crippen molar-refractivity contribution in [1.29, 1.82) is 5.26 Å². The van der Waals surface area contributed by atoms with Crippen LogP contribution in [0.5, 0.6) is 0 Å². The van der Waals surface area contributed by atoms with E-state index in [1.807, 2.05) is 6.92 Å². The van der Waals surface area contributed by atoms with E-state index in [0.717, 1.165) is 25.7 Å². The first-order valence-corrected chi connectivity index (χ1v) is 12.9. The van der Waals surface area contributed by atoms with E-state index in [2.05, 4.69) is 13.0 Å². The van der Waals surface area contributed by atoms with E-state index in [1.165, 1.54) is 64.2 Å². The summed E-state index contributed by atoms with van der Waals surface area (Å²) in [7, 11) is -0.303. The molecule has 1 heterocycles. The van der Waals surface area contributed by atoms with Crippen molar-refractivity contribution in [2.24, 2.45) is 23.7 Å². The van der Waals surface area contributed by atoms with Gasteiger partial charge in [-0.2, -0.15) is 5.26 Å². The fourth-order valence-electron chi connectivity index (χ4n) is 5.93. The first kappa shape index (κ1) is 23.4. The standard InChI is InChI=1S/C24H41BClNO2/c1-3-4-11-21(16-18(2)17-27)24(26)25-28-22(19-12-7-5-8-13-19)23(29-25)20-14-9-6-10-15-20/h18-24H,3-16H2,1-2H3/t18?,21-,22+,23+,24+/m0/s1. The molecular weight excluding hydrogens is 381 g/mol. The Morgan fingerprint density at radius 2 is 1.48 bits per heavy atom. The minimum Gasteiger partial charge on any atom is -0.404 e. The van der Waals surface area contributed by atoms with Crippen molar-refractivity contribution < 1.29 is 9.31 Å². The first-order valence-electron chi connectivity index (χ1n) is 12.5. The number of hydrogen-bond donors (Lipinski definition) is 0. The molecule has 1 unspecified atom stereocenters. The molecule has 1 aliphatic heterocycles. The van der Waals surface area contributed by atoms with Gasteiger partial charge in [-0.3, -0.25) is 0 Å². The highest BCUT2D eigenvalue weighted by atomic mass is 35.5. The van der Waals surface area contributed by atoms with E-state index in [4.69, 9.17) is 20.9 Å². The maximum Gasteiger partial charge on any atom is 0.476 e. The normalized spacial score (nSPS) is 30.1. The summed E-state index contributed by atoms with van der Waals surface area (Å²) < 4.78 is 13.3. The predicted molar refractivity (Wildman–Crippen MR) is 121 cm³/mol. The summed E-state index contributed by atoms with van der Waals surface area (Å²) in [6.07, 6.45) is 17.8. The molecule has 0 amide bonds. The topological polar surface area (TPSA) is 42.2 Å². The summed E-state index contributed by atoms with van der Waals surface area (Å²) in [4.78, 5) is 0. The third kappa shape index (κ3) is 6.38. The van der Waals surface area contributed by atoms with Gasteiger partial charge in [-0.25, -0.2) is 0 Å². The van der Waals surface area contributed by atoms with Gasteiger partial charge in [-0.1, -0.05) is 58.3 Å². The number of unbranched alkanes of at least 4 members (excludes halogenated alkanes) is 1. The van der Waals surface area contributed by atoms with E-state index in [0.29, 0.717) is 11.8 Å². The quantitative estimate of drug-likeness (QED) is 0.299. The maximum atomic E-state index is 9.33. The van der Waals surface area contributed by atoms with E-state index in [9.17, 15) is 5.26 Å². The van der Waals surface area contributed by atoms with Crippen LogP contribution in [-0.4, -0.2) is 24.6 Å². The molecule has 3 fully saturated rings. The van der Waals surface area contributed by atoms with Crippen molar-refractivity contribution in [1.82, 2.24) is 0 Å². The van der Waals surface area contributed by atoms with Gasteiger partial charge in [-0.15, -0.1) is 11.6 Å². The average molecular weight is 422 g/mol. The van der Waals surface area contributed by atoms with E-state index in [-0.39, 0.29) is 36.4 Å². The molecule has 5 heteroatoms. The summed E-state index contributed by atoms with van der Waals surface area (Å²) in [5.74, 6) is 1.59. The van der Waals surface area contributed by atoms with Crippen LogP contribution in [0.25, 0.3) is 0 Å². The van der Waals surface area contributed by atoms with Gasteiger partial charge in [0, 0.05) is 5.92 Å². The summed E-state index contributed by atoms with van der Waals surface area (Å²) in [5, 5.41) is 9.17. The molecule has 0 bridgehead atoms. The summed E-state index contributed by atoms with van der Waals surface area (Å²) >= 11 is 7.04. The van der Waals surface area contributed by atoms with E-state index >= 15 is 0 Å². The molecule has 1 saturated heterocycles. The van der Waals surface area contributed by atoms with Crippen molar-refractivity contribution in [3.05, 3.63) is 0 Å². The number of nitrogens with zero attached hydrogens (tertiary/aromatic N) is 1. The fourth-order valence-corrected chi connectivity index (χ4v) is 6.28. The lowest BCUT2D eigenvalue weighted by molar-refractivity contribution is 0.0324. The number of rotatable bonds is 9. The van der Waals surface area contributed by atoms with Crippen LogP contribution < -0.4 is 0 Å². The van der Waals surface area contributed by atoms with Crippen LogP contribution in [0.1, 0.15) is 104 Å². The lowest BCUT2D eigenvalue weighted by atomic mass is 9.72. The zero-order valence-corrected chi connectivity index (χ0v) is 19.4. The van der Waals surface area contributed by atoms with Gasteiger partial charge in [0.15, 0.2) is 0 Å². The van der Waals surface area contributed by atoms with Crippen molar-refractivity contribution in [3.63, 3.8) is 0 Å². The molecule has 0 aromatic carbocycles. The smallest absolute Gasteiger partial charge is 0.404 e. The van der Waals surface area contributed by atoms with Crippen LogP contribution in [-0.2, 0) is 9.31 Å². The highest BCUT2D eigenvalue weighted by molar-refractivity contribution is 6.59. The Kier molecular flexibility index (Phi) is 9.67. The zero-order chi connectivity index (χ0) is 20.6. The Labute approximate surface area is 184 Å². The lowest BCUT2D eigenvalue weighted by Gasteiger charge is -2.35. The molecule has 0 aromatic heterocycles. The van der Waals surface area contributed by atoms with Crippen LogP contribution in [0.4, 0.5) is 0 Å². The van der Waals surface area contributed by atoms with Crippen molar-refractivity contribution in [2.75, 3.05) is 0 Å². The van der Waals surface area contributed by atoms with Crippen molar-refractivity contribution in [2.45, 2.75) is 121 Å². The summed E-state index contributed by atoms with van der Waals surface area (Å²) in [6.45, 7) is 4.23. The number of alkyl halides is 1. The molecule has 2 saturated carbocycles. The Morgan fingerprint density at radius 3 is 1.93 bits per heavy atom. The predicted octanol–water partition coefficient (Wildman–Crippen LogP) is 6.92. The minimum absolute atomic E-state index is 0.0304. The molecule has 5 atom stereocenters. The van der Waals surface area contributed by atoms with Crippen molar-refractivity contribution >= 4 is 18.7 Å². The largest absolute Gasteiger partial charge is 0.476 e. The monoisotopic (exact) mass is 421 g/mol. The minimum atomic E-state index is -0.303. The third-order valence-electron chi connectivity index (χ3n) is 7.65. The number of hydrogen-bond acceptors (Lipinski definition) is 3. The van der Waals surface area contributed by atoms with Crippen LogP contribution >= 0.6 is 11.6 Å². The lowest BCUT2D eigenvalue weighted by Crippen LogP contribution is -2.38. The SMILES string of the molecule is CCCC[C@@H](CC(C)C#N)[C@@H](Cl)B1O[C@H](C2CCCCC2)[C@@H](C2CCCCC2)O1. The molecule has 0 spiro atoms. The van der Waals surface area contributed by atoms with Gasteiger partial charge >= 0.3 is 7.12 Å². The van der Waals surface area contributed by atoms with E-state index in [1.54, 1.807) is 0 Å². The molecule has 0 radical (unpaired) electrons. The molecule has 2 aliphatic carbocycles. The van der Waals surface area contributed by atoms with Gasteiger partial charge in [0.25, 0.3) is 0 Å². The molecule has 3 aliphatic rings. The number of nitriles is 1. The van der Waals surface area contributed by atoms with Crippen molar-refractivity contribution in [3.8, 4) is 6.07 Å². The molecule has 3 rings (SSSR count). The van der Waals surface area contributed by atoms with Crippen LogP contribution in [0, 0.1) is 35.0 Å². The Balaban J connectivity index is 1.70. The number of halogens is 1. The molecular formula is C24H41BClNO2. The fraction of sp³-hybridized carbons (Fsp3) is 0.958. The molecule has 0 aromatic rings. The molecule has 164 valence electrons. The second-order valence-corrected chi connectivity index (χ2v) is 10.5. The highest BCUT2D eigenvalue weighted by Gasteiger charge is 2.50. The Bertz CT molecular complexity index is 490. The molecule has 3 nitrogen and oxygen atoms in total. The second kappa shape index (κ2) is 12.0. The highest BCUT2D eigenvalue weighted by Crippen LogP contribution is 2.42. The molecule has 0 N–H and O–H groups in total. The summed E-state index contributed by atoms with van der Waals surface area (Å²) in [5.41, 5.74) is 0. The van der Waals surface area contributed by atoms with Crippen LogP contribution in [0.15, 0.2) is 0 Å². The Morgan fingerprint density at radius 1 is 0.966 bits per heavy atom. The van der Waals surface area contributed by atoms with Crippen LogP contribution in [0.3, 0.4) is 0 Å². The van der Waals surface area contributed by atoms with Gasteiger partial charge in [0.1, 0.15) is 0 Å².